The molecule has 0 amide bonds. The third kappa shape index (κ3) is 4.11. The van der Waals surface area contributed by atoms with Crippen LogP contribution < -0.4 is 14.8 Å². The van der Waals surface area contributed by atoms with Crippen LogP contribution >= 0.6 is 0 Å². The Kier molecular flexibility index (Phi) is 5.48. The lowest BCUT2D eigenvalue weighted by Gasteiger charge is -2.35. The van der Waals surface area contributed by atoms with Crippen molar-refractivity contribution in [2.75, 3.05) is 39.9 Å². The SMILES string of the molecule is CCC1CNCCN1CCOc1ccc(OC)cc1. The molecule has 1 aromatic carbocycles. The fraction of sp³-hybridized carbons (Fsp3) is 0.600. The van der Waals surface area contributed by atoms with Crippen LogP contribution in [0.25, 0.3) is 0 Å². The molecule has 19 heavy (non-hydrogen) atoms. The quantitative estimate of drug-likeness (QED) is 0.849. The van der Waals surface area contributed by atoms with Crippen molar-refractivity contribution in [1.29, 1.82) is 0 Å². The fourth-order valence-corrected chi connectivity index (χ4v) is 2.45. The normalized spacial score (nSPS) is 20.2. The highest BCUT2D eigenvalue weighted by molar-refractivity contribution is 5.31. The minimum atomic E-state index is 0.646. The smallest absolute Gasteiger partial charge is 0.119 e. The molecule has 1 heterocycles. The zero-order chi connectivity index (χ0) is 13.5. The van der Waals surface area contributed by atoms with Crippen molar-refractivity contribution in [2.24, 2.45) is 0 Å². The lowest BCUT2D eigenvalue weighted by atomic mass is 10.1. The van der Waals surface area contributed by atoms with Gasteiger partial charge < -0.3 is 14.8 Å². The average molecular weight is 264 g/mol. The average Bonchev–Trinajstić information content (AvgIpc) is 2.48. The number of rotatable bonds is 6. The monoisotopic (exact) mass is 264 g/mol. The molecule has 0 aromatic heterocycles. The van der Waals surface area contributed by atoms with E-state index in [0.29, 0.717) is 6.04 Å². The summed E-state index contributed by atoms with van der Waals surface area (Å²) in [7, 11) is 1.67. The molecule has 0 radical (unpaired) electrons. The highest BCUT2D eigenvalue weighted by Gasteiger charge is 2.19. The Morgan fingerprint density at radius 1 is 1.26 bits per heavy atom. The van der Waals surface area contributed by atoms with Crippen LogP contribution in [0.2, 0.25) is 0 Å². The van der Waals surface area contributed by atoms with E-state index in [9.17, 15) is 0 Å². The van der Waals surface area contributed by atoms with Gasteiger partial charge in [-0.2, -0.15) is 0 Å². The van der Waals surface area contributed by atoms with Crippen molar-refractivity contribution in [3.63, 3.8) is 0 Å². The number of benzene rings is 1. The summed E-state index contributed by atoms with van der Waals surface area (Å²) in [5.41, 5.74) is 0. The van der Waals surface area contributed by atoms with Gasteiger partial charge in [0.2, 0.25) is 0 Å². The van der Waals surface area contributed by atoms with Crippen LogP contribution in [0.4, 0.5) is 0 Å². The van der Waals surface area contributed by atoms with Crippen molar-refractivity contribution >= 4 is 0 Å². The van der Waals surface area contributed by atoms with Crippen LogP contribution in [0.5, 0.6) is 11.5 Å². The second-order valence-electron chi connectivity index (χ2n) is 4.83. The lowest BCUT2D eigenvalue weighted by Crippen LogP contribution is -2.51. The van der Waals surface area contributed by atoms with E-state index in [1.165, 1.54) is 6.42 Å². The number of piperazine rings is 1. The Morgan fingerprint density at radius 2 is 2.00 bits per heavy atom. The molecular formula is C15H24N2O2. The molecule has 1 aliphatic heterocycles. The van der Waals surface area contributed by atoms with Crippen LogP contribution in [-0.4, -0.2) is 50.8 Å². The Bertz CT molecular complexity index is 367. The van der Waals surface area contributed by atoms with Crippen molar-refractivity contribution in [3.8, 4) is 11.5 Å². The minimum absolute atomic E-state index is 0.646. The van der Waals surface area contributed by atoms with Gasteiger partial charge in [0.1, 0.15) is 18.1 Å². The first-order valence-electron chi connectivity index (χ1n) is 7.05. The molecule has 2 rings (SSSR count). The van der Waals surface area contributed by atoms with Crippen molar-refractivity contribution in [1.82, 2.24) is 10.2 Å². The standard InChI is InChI=1S/C15H24N2O2/c1-3-13-12-16-8-9-17(13)10-11-19-15-6-4-14(18-2)5-7-15/h4-7,13,16H,3,8-12H2,1-2H3. The van der Waals surface area contributed by atoms with E-state index in [1.807, 2.05) is 24.3 Å². The first-order chi connectivity index (χ1) is 9.33. The van der Waals surface area contributed by atoms with Gasteiger partial charge in [0.05, 0.1) is 7.11 Å². The predicted octanol–water partition coefficient (Wildman–Crippen LogP) is 1.76. The van der Waals surface area contributed by atoms with E-state index < -0.39 is 0 Å². The number of nitrogens with one attached hydrogen (secondary N) is 1. The van der Waals surface area contributed by atoms with Gasteiger partial charge in [-0.1, -0.05) is 6.92 Å². The van der Waals surface area contributed by atoms with E-state index in [2.05, 4.69) is 17.1 Å². The predicted molar refractivity (Wildman–Crippen MR) is 77.0 cm³/mol. The van der Waals surface area contributed by atoms with E-state index in [0.717, 1.165) is 44.3 Å². The van der Waals surface area contributed by atoms with E-state index in [4.69, 9.17) is 9.47 Å². The molecule has 1 atom stereocenters. The molecule has 4 heteroatoms. The molecule has 1 saturated heterocycles. The zero-order valence-corrected chi connectivity index (χ0v) is 11.9. The molecule has 1 aromatic rings. The third-order valence-corrected chi connectivity index (χ3v) is 3.65. The van der Waals surface area contributed by atoms with Gasteiger partial charge in [-0.15, -0.1) is 0 Å². The summed E-state index contributed by atoms with van der Waals surface area (Å²) in [5.74, 6) is 1.77. The second-order valence-corrected chi connectivity index (χ2v) is 4.83. The summed E-state index contributed by atoms with van der Waals surface area (Å²) >= 11 is 0. The van der Waals surface area contributed by atoms with Crippen LogP contribution in [0.3, 0.4) is 0 Å². The molecule has 1 aliphatic rings. The Hall–Kier alpha value is -1.26. The molecule has 106 valence electrons. The van der Waals surface area contributed by atoms with Crippen LogP contribution in [0.15, 0.2) is 24.3 Å². The Labute approximate surface area is 115 Å². The number of nitrogens with zero attached hydrogens (tertiary/aromatic N) is 1. The number of hydrogen-bond donors (Lipinski definition) is 1. The van der Waals surface area contributed by atoms with Gasteiger partial charge >= 0.3 is 0 Å². The van der Waals surface area contributed by atoms with Gasteiger partial charge in [-0.05, 0) is 30.7 Å². The number of ether oxygens (including phenoxy) is 2. The topological polar surface area (TPSA) is 33.7 Å². The maximum Gasteiger partial charge on any atom is 0.119 e. The first kappa shape index (κ1) is 14.2. The second kappa shape index (κ2) is 7.36. The zero-order valence-electron chi connectivity index (χ0n) is 11.9. The maximum atomic E-state index is 5.78. The summed E-state index contributed by atoms with van der Waals surface area (Å²) in [5, 5.41) is 3.44. The largest absolute Gasteiger partial charge is 0.497 e. The summed E-state index contributed by atoms with van der Waals surface area (Å²) in [6, 6.07) is 8.40. The molecule has 0 bridgehead atoms. The Morgan fingerprint density at radius 3 is 2.68 bits per heavy atom. The van der Waals surface area contributed by atoms with E-state index in [-0.39, 0.29) is 0 Å². The first-order valence-corrected chi connectivity index (χ1v) is 7.05. The highest BCUT2D eigenvalue weighted by atomic mass is 16.5. The van der Waals surface area contributed by atoms with Crippen molar-refractivity contribution in [3.05, 3.63) is 24.3 Å². The summed E-state index contributed by atoms with van der Waals surface area (Å²) in [6.45, 7) is 7.27. The van der Waals surface area contributed by atoms with Gasteiger partial charge in [0, 0.05) is 32.2 Å². The number of hydrogen-bond acceptors (Lipinski definition) is 4. The molecule has 4 nitrogen and oxygen atoms in total. The van der Waals surface area contributed by atoms with Crippen LogP contribution in [0.1, 0.15) is 13.3 Å². The Balaban J connectivity index is 1.75. The molecular weight excluding hydrogens is 240 g/mol. The third-order valence-electron chi connectivity index (χ3n) is 3.65. The van der Waals surface area contributed by atoms with Gasteiger partial charge in [-0.25, -0.2) is 0 Å². The molecule has 0 saturated carbocycles. The summed E-state index contributed by atoms with van der Waals surface area (Å²) < 4.78 is 10.9. The molecule has 1 fully saturated rings. The summed E-state index contributed by atoms with van der Waals surface area (Å²) in [4.78, 5) is 2.51. The van der Waals surface area contributed by atoms with Crippen molar-refractivity contribution < 1.29 is 9.47 Å². The lowest BCUT2D eigenvalue weighted by molar-refractivity contribution is 0.130. The molecule has 0 spiro atoms. The van der Waals surface area contributed by atoms with Crippen LogP contribution in [-0.2, 0) is 0 Å². The van der Waals surface area contributed by atoms with Crippen LogP contribution in [0, 0.1) is 0 Å². The maximum absolute atomic E-state index is 5.78. The number of methoxy groups -OCH3 is 1. The minimum Gasteiger partial charge on any atom is -0.497 e. The molecule has 0 aliphatic carbocycles. The van der Waals surface area contributed by atoms with Gasteiger partial charge in [0.25, 0.3) is 0 Å². The fourth-order valence-electron chi connectivity index (χ4n) is 2.45. The van der Waals surface area contributed by atoms with E-state index >= 15 is 0 Å². The van der Waals surface area contributed by atoms with E-state index in [1.54, 1.807) is 7.11 Å². The van der Waals surface area contributed by atoms with Crippen molar-refractivity contribution in [2.45, 2.75) is 19.4 Å². The highest BCUT2D eigenvalue weighted by Crippen LogP contribution is 2.17. The summed E-state index contributed by atoms with van der Waals surface area (Å²) in [6.07, 6.45) is 1.19. The van der Waals surface area contributed by atoms with Gasteiger partial charge in [-0.3, -0.25) is 4.90 Å². The van der Waals surface area contributed by atoms with Gasteiger partial charge in [0.15, 0.2) is 0 Å². The molecule has 1 unspecified atom stereocenters. The molecule has 1 N–H and O–H groups in total.